The van der Waals surface area contributed by atoms with E-state index in [4.69, 9.17) is 9.47 Å². The predicted octanol–water partition coefficient (Wildman–Crippen LogP) is 2.16. The Balaban J connectivity index is 2.48. The van der Waals surface area contributed by atoms with Gasteiger partial charge in [0.25, 0.3) is 0 Å². The first-order chi connectivity index (χ1) is 10.1. The van der Waals surface area contributed by atoms with Gasteiger partial charge in [0, 0.05) is 24.4 Å². The Bertz CT molecular complexity index is 713. The van der Waals surface area contributed by atoms with E-state index in [1.165, 1.54) is 7.11 Å². The third-order valence-corrected chi connectivity index (χ3v) is 4.55. The highest BCUT2D eigenvalue weighted by Crippen LogP contribution is 2.30. The van der Waals surface area contributed by atoms with Gasteiger partial charge in [-0.15, -0.1) is 0 Å². The smallest absolute Gasteiger partial charge is 0.241 e. The van der Waals surface area contributed by atoms with Crippen molar-refractivity contribution in [3.05, 3.63) is 36.4 Å². The van der Waals surface area contributed by atoms with Gasteiger partial charge in [0.15, 0.2) is 0 Å². The fourth-order valence-electron chi connectivity index (χ4n) is 2.12. The number of rotatable bonds is 7. The monoisotopic (exact) mass is 309 g/mol. The molecule has 21 heavy (non-hydrogen) atoms. The third-order valence-electron chi connectivity index (χ3n) is 3.03. The van der Waals surface area contributed by atoms with Crippen LogP contribution in [0, 0.1) is 0 Å². The van der Waals surface area contributed by atoms with Crippen molar-refractivity contribution in [3.63, 3.8) is 0 Å². The average Bonchev–Trinajstić information content (AvgIpc) is 2.48. The second-order valence-electron chi connectivity index (χ2n) is 4.43. The lowest BCUT2D eigenvalue weighted by atomic mass is 10.1. The largest absolute Gasteiger partial charge is 0.493 e. The van der Waals surface area contributed by atoms with E-state index in [-0.39, 0.29) is 11.4 Å². The number of sulfonamides is 1. The van der Waals surface area contributed by atoms with Crippen molar-refractivity contribution in [1.82, 2.24) is 4.72 Å². The molecule has 114 valence electrons. The van der Waals surface area contributed by atoms with Crippen molar-refractivity contribution in [3.8, 4) is 5.75 Å². The standard InChI is InChI=1S/C15H19NO4S/c1-3-20-14-8-9-15(13-7-5-4-6-12(13)14)21(17,18)16-10-11-19-2/h4-9,16H,3,10-11H2,1-2H3. The summed E-state index contributed by atoms with van der Waals surface area (Å²) in [4.78, 5) is 0.248. The fraction of sp³-hybridized carbons (Fsp3) is 0.333. The number of ether oxygens (including phenoxy) is 2. The summed E-state index contributed by atoms with van der Waals surface area (Å²) in [5.74, 6) is 0.684. The van der Waals surface area contributed by atoms with E-state index in [9.17, 15) is 8.42 Å². The molecule has 0 bridgehead atoms. The van der Waals surface area contributed by atoms with Crippen molar-refractivity contribution >= 4 is 20.8 Å². The first-order valence-electron chi connectivity index (χ1n) is 6.73. The van der Waals surface area contributed by atoms with E-state index in [1.807, 2.05) is 25.1 Å². The summed E-state index contributed by atoms with van der Waals surface area (Å²) in [6, 6.07) is 10.6. The Morgan fingerprint density at radius 2 is 1.81 bits per heavy atom. The van der Waals surface area contributed by atoms with Crippen LogP contribution in [0.2, 0.25) is 0 Å². The van der Waals surface area contributed by atoms with Gasteiger partial charge >= 0.3 is 0 Å². The van der Waals surface area contributed by atoms with Crippen LogP contribution in [-0.2, 0) is 14.8 Å². The maximum absolute atomic E-state index is 12.4. The van der Waals surface area contributed by atoms with Gasteiger partial charge in [0.05, 0.1) is 18.1 Å². The van der Waals surface area contributed by atoms with Crippen LogP contribution in [0.3, 0.4) is 0 Å². The molecule has 0 saturated heterocycles. The van der Waals surface area contributed by atoms with Crippen LogP contribution in [0.15, 0.2) is 41.3 Å². The lowest BCUT2D eigenvalue weighted by Gasteiger charge is -2.12. The molecule has 5 nitrogen and oxygen atoms in total. The van der Waals surface area contributed by atoms with Gasteiger partial charge in [-0.3, -0.25) is 0 Å². The molecule has 0 unspecified atom stereocenters. The Morgan fingerprint density at radius 3 is 2.48 bits per heavy atom. The molecule has 0 radical (unpaired) electrons. The number of benzene rings is 2. The topological polar surface area (TPSA) is 64.6 Å². The van der Waals surface area contributed by atoms with E-state index in [0.717, 1.165) is 5.39 Å². The van der Waals surface area contributed by atoms with Crippen LogP contribution in [0.25, 0.3) is 10.8 Å². The van der Waals surface area contributed by atoms with E-state index in [1.54, 1.807) is 18.2 Å². The molecule has 0 aliphatic carbocycles. The van der Waals surface area contributed by atoms with Crippen molar-refractivity contribution in [2.75, 3.05) is 26.9 Å². The summed E-state index contributed by atoms with van der Waals surface area (Å²) in [6.07, 6.45) is 0. The molecular weight excluding hydrogens is 290 g/mol. The molecule has 1 N–H and O–H groups in total. The van der Waals surface area contributed by atoms with E-state index < -0.39 is 10.0 Å². The number of fused-ring (bicyclic) bond motifs is 1. The van der Waals surface area contributed by atoms with Crippen molar-refractivity contribution in [2.45, 2.75) is 11.8 Å². The zero-order chi connectivity index (χ0) is 15.3. The molecule has 2 aromatic rings. The molecule has 0 aliphatic rings. The molecule has 0 aromatic heterocycles. The van der Waals surface area contributed by atoms with Gasteiger partial charge < -0.3 is 9.47 Å². The molecule has 2 rings (SSSR count). The highest BCUT2D eigenvalue weighted by atomic mass is 32.2. The predicted molar refractivity (Wildman–Crippen MR) is 82.2 cm³/mol. The summed E-state index contributed by atoms with van der Waals surface area (Å²) in [5.41, 5.74) is 0. The minimum absolute atomic E-state index is 0.236. The minimum Gasteiger partial charge on any atom is -0.493 e. The number of hydrogen-bond donors (Lipinski definition) is 1. The Morgan fingerprint density at radius 1 is 1.10 bits per heavy atom. The van der Waals surface area contributed by atoms with Gasteiger partial charge in [-0.25, -0.2) is 13.1 Å². The van der Waals surface area contributed by atoms with E-state index >= 15 is 0 Å². The first kappa shape index (κ1) is 15.8. The second-order valence-corrected chi connectivity index (χ2v) is 6.17. The maximum Gasteiger partial charge on any atom is 0.241 e. The van der Waals surface area contributed by atoms with Crippen LogP contribution in [-0.4, -0.2) is 35.3 Å². The molecular formula is C15H19NO4S. The van der Waals surface area contributed by atoms with Crippen molar-refractivity contribution in [1.29, 1.82) is 0 Å². The molecule has 0 aliphatic heterocycles. The van der Waals surface area contributed by atoms with Crippen LogP contribution in [0.5, 0.6) is 5.75 Å². The number of nitrogens with one attached hydrogen (secondary N) is 1. The van der Waals surface area contributed by atoms with E-state index in [2.05, 4.69) is 4.72 Å². The maximum atomic E-state index is 12.4. The molecule has 0 saturated carbocycles. The number of hydrogen-bond acceptors (Lipinski definition) is 4. The van der Waals surface area contributed by atoms with Gasteiger partial charge in [0.1, 0.15) is 5.75 Å². The van der Waals surface area contributed by atoms with E-state index in [0.29, 0.717) is 24.3 Å². The molecule has 0 heterocycles. The SMILES string of the molecule is CCOc1ccc(S(=O)(=O)NCCOC)c2ccccc12. The van der Waals surface area contributed by atoms with Gasteiger partial charge in [-0.05, 0) is 19.1 Å². The lowest BCUT2D eigenvalue weighted by Crippen LogP contribution is -2.27. The highest BCUT2D eigenvalue weighted by molar-refractivity contribution is 7.89. The van der Waals surface area contributed by atoms with Crippen LogP contribution < -0.4 is 9.46 Å². The molecule has 0 spiro atoms. The quantitative estimate of drug-likeness (QED) is 0.796. The summed E-state index contributed by atoms with van der Waals surface area (Å²) in [5, 5.41) is 1.43. The van der Waals surface area contributed by atoms with Crippen LogP contribution in [0.1, 0.15) is 6.92 Å². The molecule has 0 amide bonds. The normalized spacial score (nSPS) is 11.7. The summed E-state index contributed by atoms with van der Waals surface area (Å²) in [7, 11) is -2.05. The molecule has 0 fully saturated rings. The molecule has 0 atom stereocenters. The van der Waals surface area contributed by atoms with Gasteiger partial charge in [0.2, 0.25) is 10.0 Å². The fourth-order valence-corrected chi connectivity index (χ4v) is 3.34. The average molecular weight is 309 g/mol. The molecule has 6 heteroatoms. The first-order valence-corrected chi connectivity index (χ1v) is 8.21. The second kappa shape index (κ2) is 6.89. The van der Waals surface area contributed by atoms with Crippen molar-refractivity contribution < 1.29 is 17.9 Å². The summed E-state index contributed by atoms with van der Waals surface area (Å²) >= 11 is 0. The molecule has 2 aromatic carbocycles. The lowest BCUT2D eigenvalue weighted by molar-refractivity contribution is 0.204. The Hall–Kier alpha value is -1.63. The Kier molecular flexibility index (Phi) is 5.17. The van der Waals surface area contributed by atoms with Crippen LogP contribution in [0.4, 0.5) is 0 Å². The van der Waals surface area contributed by atoms with Gasteiger partial charge in [-0.1, -0.05) is 24.3 Å². The zero-order valence-electron chi connectivity index (χ0n) is 12.1. The Labute approximate surface area is 124 Å². The number of methoxy groups -OCH3 is 1. The van der Waals surface area contributed by atoms with Crippen molar-refractivity contribution in [2.24, 2.45) is 0 Å². The van der Waals surface area contributed by atoms with Crippen LogP contribution >= 0.6 is 0 Å². The zero-order valence-corrected chi connectivity index (χ0v) is 12.9. The summed E-state index contributed by atoms with van der Waals surface area (Å²) in [6.45, 7) is 2.99. The highest BCUT2D eigenvalue weighted by Gasteiger charge is 2.18. The van der Waals surface area contributed by atoms with Gasteiger partial charge in [-0.2, -0.15) is 0 Å². The summed E-state index contributed by atoms with van der Waals surface area (Å²) < 4.78 is 37.7. The third kappa shape index (κ3) is 3.53. The minimum atomic E-state index is -3.58.